The van der Waals surface area contributed by atoms with Gasteiger partial charge in [-0.15, -0.1) is 0 Å². The lowest BCUT2D eigenvalue weighted by atomic mass is 9.97. The molecule has 1 aromatic heterocycles. The lowest BCUT2D eigenvalue weighted by molar-refractivity contribution is 0.507. The minimum Gasteiger partial charge on any atom is -0.457 e. The fraction of sp³-hybridized carbons (Fsp3) is 0.333. The zero-order valence-electron chi connectivity index (χ0n) is 11.2. The van der Waals surface area contributed by atoms with Gasteiger partial charge in [0.1, 0.15) is 0 Å². The van der Waals surface area contributed by atoms with E-state index in [1.807, 2.05) is 6.07 Å². The number of hydrazine groups is 1. The van der Waals surface area contributed by atoms with Gasteiger partial charge >= 0.3 is 0 Å². The molecule has 1 heterocycles. The van der Waals surface area contributed by atoms with Crippen molar-refractivity contribution in [2.75, 3.05) is 0 Å². The molecule has 0 amide bonds. The minimum absolute atomic E-state index is 0.0398. The topological polar surface area (TPSA) is 51.2 Å². The van der Waals surface area contributed by atoms with E-state index in [1.54, 1.807) is 6.26 Å². The zero-order chi connectivity index (χ0) is 13.8. The van der Waals surface area contributed by atoms with Crippen molar-refractivity contribution in [3.8, 4) is 0 Å². The second kappa shape index (κ2) is 6.37. The van der Waals surface area contributed by atoms with Crippen LogP contribution < -0.4 is 11.3 Å². The number of benzene rings is 1. The second-order valence-electron chi connectivity index (χ2n) is 4.97. The Labute approximate surface area is 122 Å². The van der Waals surface area contributed by atoms with Crippen LogP contribution in [0.2, 0.25) is 0 Å². The van der Waals surface area contributed by atoms with Crippen molar-refractivity contribution in [3.05, 3.63) is 58.0 Å². The van der Waals surface area contributed by atoms with Crippen LogP contribution in [0.4, 0.5) is 0 Å². The summed E-state index contributed by atoms with van der Waals surface area (Å²) in [6, 6.07) is 10.6. The van der Waals surface area contributed by atoms with Gasteiger partial charge in [-0.25, -0.2) is 0 Å². The lowest BCUT2D eigenvalue weighted by Gasteiger charge is -2.15. The maximum Gasteiger partial charge on any atom is 0.173 e. The summed E-state index contributed by atoms with van der Waals surface area (Å²) >= 11 is 3.39. The molecule has 2 aromatic rings. The summed E-state index contributed by atoms with van der Waals surface area (Å²) in [4.78, 5) is 0. The number of halogens is 1. The first-order valence-electron chi connectivity index (χ1n) is 6.39. The van der Waals surface area contributed by atoms with Gasteiger partial charge in [0.25, 0.3) is 0 Å². The van der Waals surface area contributed by atoms with E-state index in [-0.39, 0.29) is 6.04 Å². The monoisotopic (exact) mass is 322 g/mol. The molecule has 1 unspecified atom stereocenters. The molecule has 0 aliphatic rings. The van der Waals surface area contributed by atoms with E-state index in [9.17, 15) is 0 Å². The van der Waals surface area contributed by atoms with Gasteiger partial charge in [-0.2, -0.15) is 0 Å². The van der Waals surface area contributed by atoms with E-state index in [2.05, 4.69) is 59.5 Å². The highest BCUT2D eigenvalue weighted by Crippen LogP contribution is 2.27. The van der Waals surface area contributed by atoms with Gasteiger partial charge in [0.05, 0.1) is 12.3 Å². The average Bonchev–Trinajstić information content (AvgIpc) is 2.83. The smallest absolute Gasteiger partial charge is 0.173 e. The van der Waals surface area contributed by atoms with Crippen molar-refractivity contribution in [1.29, 1.82) is 0 Å². The Kier molecular flexibility index (Phi) is 4.80. The molecule has 0 aliphatic heterocycles. The van der Waals surface area contributed by atoms with Crippen LogP contribution in [0.25, 0.3) is 0 Å². The second-order valence-corrected chi connectivity index (χ2v) is 5.69. The Morgan fingerprint density at radius 1 is 1.21 bits per heavy atom. The van der Waals surface area contributed by atoms with E-state index < -0.39 is 0 Å². The van der Waals surface area contributed by atoms with Crippen LogP contribution in [-0.2, 0) is 6.42 Å². The maximum absolute atomic E-state index is 5.65. The van der Waals surface area contributed by atoms with Crippen molar-refractivity contribution in [2.45, 2.75) is 32.2 Å². The number of hydrogen-bond donors (Lipinski definition) is 2. The first kappa shape index (κ1) is 14.3. The van der Waals surface area contributed by atoms with E-state index in [0.29, 0.717) is 5.92 Å². The number of furan rings is 1. The maximum atomic E-state index is 5.65. The highest BCUT2D eigenvalue weighted by Gasteiger charge is 2.15. The fourth-order valence-corrected chi connectivity index (χ4v) is 2.60. The van der Waals surface area contributed by atoms with Crippen LogP contribution in [-0.4, -0.2) is 0 Å². The molecule has 0 bridgehead atoms. The lowest BCUT2D eigenvalue weighted by Crippen LogP contribution is -2.29. The molecule has 1 atom stereocenters. The van der Waals surface area contributed by atoms with Crippen molar-refractivity contribution in [1.82, 2.24) is 5.43 Å². The van der Waals surface area contributed by atoms with Gasteiger partial charge in [0.2, 0.25) is 0 Å². The van der Waals surface area contributed by atoms with E-state index in [4.69, 9.17) is 10.3 Å². The van der Waals surface area contributed by atoms with Crippen LogP contribution in [0.5, 0.6) is 0 Å². The Morgan fingerprint density at radius 2 is 1.89 bits per heavy atom. The molecule has 1 aromatic carbocycles. The van der Waals surface area contributed by atoms with Crippen molar-refractivity contribution < 1.29 is 4.42 Å². The summed E-state index contributed by atoms with van der Waals surface area (Å²) in [6.45, 7) is 4.39. The average molecular weight is 323 g/mol. The molecule has 102 valence electrons. The van der Waals surface area contributed by atoms with Crippen LogP contribution in [0.15, 0.2) is 45.7 Å². The van der Waals surface area contributed by atoms with Gasteiger partial charge in [-0.1, -0.05) is 38.1 Å². The Morgan fingerprint density at radius 3 is 2.37 bits per heavy atom. The summed E-state index contributed by atoms with van der Waals surface area (Å²) in [5, 5.41) is 0. The molecule has 19 heavy (non-hydrogen) atoms. The predicted molar refractivity (Wildman–Crippen MR) is 80.7 cm³/mol. The third-order valence-electron chi connectivity index (χ3n) is 3.31. The molecular weight excluding hydrogens is 304 g/mol. The third-order valence-corrected chi connectivity index (χ3v) is 3.95. The van der Waals surface area contributed by atoms with Crippen LogP contribution >= 0.6 is 15.9 Å². The predicted octanol–water partition coefficient (Wildman–Crippen LogP) is 3.91. The molecule has 0 saturated carbocycles. The first-order valence-corrected chi connectivity index (χ1v) is 7.19. The van der Waals surface area contributed by atoms with Crippen molar-refractivity contribution in [3.63, 3.8) is 0 Å². The van der Waals surface area contributed by atoms with Gasteiger partial charge in [0.15, 0.2) is 4.67 Å². The highest BCUT2D eigenvalue weighted by molar-refractivity contribution is 9.10. The van der Waals surface area contributed by atoms with Gasteiger partial charge < -0.3 is 4.42 Å². The third kappa shape index (κ3) is 3.47. The summed E-state index contributed by atoms with van der Waals surface area (Å²) in [5.41, 5.74) is 6.48. The molecule has 0 radical (unpaired) electrons. The highest BCUT2D eigenvalue weighted by atomic mass is 79.9. The van der Waals surface area contributed by atoms with Crippen molar-refractivity contribution >= 4 is 15.9 Å². The number of nitrogens with one attached hydrogen (secondary N) is 1. The largest absolute Gasteiger partial charge is 0.457 e. The van der Waals surface area contributed by atoms with Crippen molar-refractivity contribution in [2.24, 2.45) is 5.84 Å². The number of hydrogen-bond acceptors (Lipinski definition) is 3. The Bertz CT molecular complexity index is 519. The number of rotatable bonds is 5. The standard InChI is InChI=1S/C15H19BrN2O/c1-10(2)12-5-3-11(4-6-12)9-14(18-17)13-7-8-19-15(13)16/h3-8,10,14,18H,9,17H2,1-2H3. The molecular formula is C15H19BrN2O. The van der Waals surface area contributed by atoms with E-state index in [0.717, 1.165) is 16.7 Å². The minimum atomic E-state index is 0.0398. The van der Waals surface area contributed by atoms with Crippen LogP contribution in [0.3, 0.4) is 0 Å². The summed E-state index contributed by atoms with van der Waals surface area (Å²) in [6.07, 6.45) is 2.48. The van der Waals surface area contributed by atoms with Gasteiger partial charge in [-0.3, -0.25) is 11.3 Å². The molecule has 3 nitrogen and oxygen atoms in total. The Hall–Kier alpha value is -1.10. The summed E-state index contributed by atoms with van der Waals surface area (Å²) in [7, 11) is 0. The molecule has 0 spiro atoms. The quantitative estimate of drug-likeness (QED) is 0.648. The normalized spacial score (nSPS) is 12.9. The molecule has 4 heteroatoms. The van der Waals surface area contributed by atoms with Gasteiger partial charge in [0, 0.05) is 5.56 Å². The summed E-state index contributed by atoms with van der Waals surface area (Å²) in [5.74, 6) is 6.20. The fourth-order valence-electron chi connectivity index (χ4n) is 2.09. The molecule has 2 rings (SSSR count). The number of nitrogens with two attached hydrogens (primary N) is 1. The SMILES string of the molecule is CC(C)c1ccc(CC(NN)c2ccoc2Br)cc1. The molecule has 0 saturated heterocycles. The summed E-state index contributed by atoms with van der Waals surface area (Å²) < 4.78 is 5.99. The first-order chi connectivity index (χ1) is 9.11. The Balaban J connectivity index is 2.13. The van der Waals surface area contributed by atoms with Crippen LogP contribution in [0.1, 0.15) is 42.5 Å². The van der Waals surface area contributed by atoms with E-state index >= 15 is 0 Å². The van der Waals surface area contributed by atoms with E-state index in [1.165, 1.54) is 11.1 Å². The van der Waals surface area contributed by atoms with Gasteiger partial charge in [-0.05, 0) is 45.5 Å². The van der Waals surface area contributed by atoms with Crippen LogP contribution in [0, 0.1) is 0 Å². The zero-order valence-corrected chi connectivity index (χ0v) is 12.8. The molecule has 0 aliphatic carbocycles. The molecule has 3 N–H and O–H groups in total. The molecule has 0 fully saturated rings.